The summed E-state index contributed by atoms with van der Waals surface area (Å²) in [5.41, 5.74) is 0. The fraction of sp³-hybridized carbons (Fsp3) is 0.750. The molecule has 0 rings (SSSR count). The van der Waals surface area contributed by atoms with E-state index >= 15 is 0 Å². The molecule has 3 nitrogen and oxygen atoms in total. The molecule has 0 fully saturated rings. The van der Waals surface area contributed by atoms with Crippen LogP contribution < -0.4 is 0 Å². The lowest BCUT2D eigenvalue weighted by atomic mass is 10.2. The third kappa shape index (κ3) is 8.02. The molecule has 0 atom stereocenters. The summed E-state index contributed by atoms with van der Waals surface area (Å²) in [7, 11) is 0. The van der Waals surface area contributed by atoms with Crippen LogP contribution in [0.1, 0.15) is 40.0 Å². The van der Waals surface area contributed by atoms with Crippen LogP contribution in [-0.2, 0) is 4.79 Å². The molecule has 0 aliphatic carbocycles. The number of aliphatic carboxylic acids is 1. The van der Waals surface area contributed by atoms with Crippen LogP contribution in [0.15, 0.2) is 0 Å². The Balaban J connectivity index is 3.81. The van der Waals surface area contributed by atoms with Crippen LogP contribution in [0.2, 0.25) is 0 Å². The van der Waals surface area contributed by atoms with Gasteiger partial charge in [0, 0.05) is 25.4 Å². The number of rotatable bonds is 7. The maximum absolute atomic E-state index is 10.4. The minimum Gasteiger partial charge on any atom is -0.481 e. The predicted molar refractivity (Wildman–Crippen MR) is 61.6 cm³/mol. The summed E-state index contributed by atoms with van der Waals surface area (Å²) in [5, 5.41) is 8.54. The molecule has 0 radical (unpaired) electrons. The molecule has 0 aliphatic heterocycles. The van der Waals surface area contributed by atoms with Crippen molar-refractivity contribution in [3.8, 4) is 11.8 Å². The van der Waals surface area contributed by atoms with E-state index in [1.807, 2.05) is 6.92 Å². The van der Waals surface area contributed by atoms with Crippen molar-refractivity contribution in [3.05, 3.63) is 0 Å². The molecule has 0 aliphatic rings. The van der Waals surface area contributed by atoms with Crippen molar-refractivity contribution in [1.29, 1.82) is 0 Å². The molecule has 3 heteroatoms. The first-order valence-corrected chi connectivity index (χ1v) is 5.43. The third-order valence-corrected chi connectivity index (χ3v) is 2.27. The average Bonchev–Trinajstić information content (AvgIpc) is 2.15. The Labute approximate surface area is 92.5 Å². The SMILES string of the molecule is CC#CCCN(CCCC(=O)O)C(C)C. The Morgan fingerprint density at radius 2 is 2.07 bits per heavy atom. The summed E-state index contributed by atoms with van der Waals surface area (Å²) < 4.78 is 0. The predicted octanol–water partition coefficient (Wildman–Crippen LogP) is 1.98. The van der Waals surface area contributed by atoms with Gasteiger partial charge in [-0.3, -0.25) is 9.69 Å². The van der Waals surface area contributed by atoms with E-state index in [2.05, 4.69) is 30.6 Å². The highest BCUT2D eigenvalue weighted by molar-refractivity contribution is 5.66. The molecule has 0 saturated carbocycles. The van der Waals surface area contributed by atoms with Gasteiger partial charge in [0.25, 0.3) is 0 Å². The molecule has 0 unspecified atom stereocenters. The lowest BCUT2D eigenvalue weighted by Crippen LogP contribution is -2.32. The van der Waals surface area contributed by atoms with E-state index in [1.165, 1.54) is 0 Å². The van der Waals surface area contributed by atoms with E-state index in [-0.39, 0.29) is 6.42 Å². The molecule has 15 heavy (non-hydrogen) atoms. The average molecular weight is 211 g/mol. The van der Waals surface area contributed by atoms with Gasteiger partial charge in [0.1, 0.15) is 0 Å². The minimum atomic E-state index is -0.716. The quantitative estimate of drug-likeness (QED) is 0.655. The van der Waals surface area contributed by atoms with Crippen LogP contribution in [0, 0.1) is 11.8 Å². The highest BCUT2D eigenvalue weighted by atomic mass is 16.4. The fourth-order valence-electron chi connectivity index (χ4n) is 1.39. The van der Waals surface area contributed by atoms with Crippen molar-refractivity contribution in [3.63, 3.8) is 0 Å². The molecule has 0 bridgehead atoms. The summed E-state index contributed by atoms with van der Waals surface area (Å²) in [6, 6.07) is 0.456. The molecule has 0 spiro atoms. The smallest absolute Gasteiger partial charge is 0.303 e. The van der Waals surface area contributed by atoms with Crippen molar-refractivity contribution in [1.82, 2.24) is 4.90 Å². The van der Waals surface area contributed by atoms with Crippen molar-refractivity contribution in [2.24, 2.45) is 0 Å². The van der Waals surface area contributed by atoms with Gasteiger partial charge >= 0.3 is 5.97 Å². The molecule has 0 aromatic rings. The van der Waals surface area contributed by atoms with Crippen molar-refractivity contribution >= 4 is 5.97 Å². The van der Waals surface area contributed by atoms with Crippen LogP contribution in [-0.4, -0.2) is 35.1 Å². The molecule has 1 N–H and O–H groups in total. The van der Waals surface area contributed by atoms with Gasteiger partial charge in [-0.15, -0.1) is 11.8 Å². The van der Waals surface area contributed by atoms with Gasteiger partial charge in [0.15, 0.2) is 0 Å². The first-order valence-electron chi connectivity index (χ1n) is 5.43. The minimum absolute atomic E-state index is 0.253. The van der Waals surface area contributed by atoms with Crippen molar-refractivity contribution in [2.45, 2.75) is 46.1 Å². The number of hydrogen-bond donors (Lipinski definition) is 1. The second kappa shape index (κ2) is 8.31. The lowest BCUT2D eigenvalue weighted by Gasteiger charge is -2.25. The molecule has 0 aromatic heterocycles. The molecular weight excluding hydrogens is 190 g/mol. The zero-order chi connectivity index (χ0) is 11.7. The first-order chi connectivity index (χ1) is 7.07. The molecule has 0 saturated heterocycles. The topological polar surface area (TPSA) is 40.5 Å². The summed E-state index contributed by atoms with van der Waals surface area (Å²) in [6.45, 7) is 7.86. The van der Waals surface area contributed by atoms with E-state index in [0.29, 0.717) is 12.5 Å². The van der Waals surface area contributed by atoms with Gasteiger partial charge in [-0.05, 0) is 33.7 Å². The largest absolute Gasteiger partial charge is 0.481 e. The third-order valence-electron chi connectivity index (χ3n) is 2.27. The van der Waals surface area contributed by atoms with E-state index in [9.17, 15) is 4.79 Å². The van der Waals surface area contributed by atoms with Crippen molar-refractivity contribution in [2.75, 3.05) is 13.1 Å². The molecular formula is C12H21NO2. The zero-order valence-electron chi connectivity index (χ0n) is 9.92. The Bertz CT molecular complexity index is 238. The van der Waals surface area contributed by atoms with E-state index in [0.717, 1.165) is 19.5 Å². The summed E-state index contributed by atoms with van der Waals surface area (Å²) in [6.07, 6.45) is 1.83. The standard InChI is InChI=1S/C12H21NO2/c1-4-5-6-9-13(11(2)3)10-7-8-12(14)15/h11H,6-10H2,1-3H3,(H,14,15). The number of carbonyl (C=O) groups is 1. The molecule has 86 valence electrons. The van der Waals surface area contributed by atoms with Crippen LogP contribution in [0.25, 0.3) is 0 Å². The highest BCUT2D eigenvalue weighted by Gasteiger charge is 2.08. The second-order valence-electron chi connectivity index (χ2n) is 3.80. The van der Waals surface area contributed by atoms with Crippen LogP contribution in [0.3, 0.4) is 0 Å². The molecule has 0 aromatic carbocycles. The van der Waals surface area contributed by atoms with Gasteiger partial charge in [0.2, 0.25) is 0 Å². The van der Waals surface area contributed by atoms with Gasteiger partial charge in [-0.2, -0.15) is 0 Å². The van der Waals surface area contributed by atoms with Crippen molar-refractivity contribution < 1.29 is 9.90 Å². The number of carboxylic acids is 1. The lowest BCUT2D eigenvalue weighted by molar-refractivity contribution is -0.137. The van der Waals surface area contributed by atoms with Gasteiger partial charge in [-0.1, -0.05) is 0 Å². The normalized spacial score (nSPS) is 10.2. The van der Waals surface area contributed by atoms with Crippen LogP contribution in [0.5, 0.6) is 0 Å². The van der Waals surface area contributed by atoms with Crippen LogP contribution in [0.4, 0.5) is 0 Å². The summed E-state index contributed by atoms with van der Waals surface area (Å²) in [4.78, 5) is 12.6. The first kappa shape index (κ1) is 14.0. The maximum Gasteiger partial charge on any atom is 0.303 e. The Kier molecular flexibility index (Phi) is 7.75. The maximum atomic E-state index is 10.4. The Morgan fingerprint density at radius 1 is 1.40 bits per heavy atom. The number of carboxylic acid groups (broad SMARTS) is 1. The van der Waals surface area contributed by atoms with Crippen LogP contribution >= 0.6 is 0 Å². The van der Waals surface area contributed by atoms with Gasteiger partial charge < -0.3 is 5.11 Å². The van der Waals surface area contributed by atoms with Gasteiger partial charge in [0.05, 0.1) is 0 Å². The fourth-order valence-corrected chi connectivity index (χ4v) is 1.39. The molecule has 0 amide bonds. The van der Waals surface area contributed by atoms with Gasteiger partial charge in [-0.25, -0.2) is 0 Å². The summed E-state index contributed by atoms with van der Waals surface area (Å²) >= 11 is 0. The Hall–Kier alpha value is -1.01. The van der Waals surface area contributed by atoms with E-state index in [4.69, 9.17) is 5.11 Å². The zero-order valence-corrected chi connectivity index (χ0v) is 9.92. The highest BCUT2D eigenvalue weighted by Crippen LogP contribution is 2.02. The monoisotopic (exact) mass is 211 g/mol. The Morgan fingerprint density at radius 3 is 2.53 bits per heavy atom. The van der Waals surface area contributed by atoms with E-state index in [1.54, 1.807) is 0 Å². The number of hydrogen-bond acceptors (Lipinski definition) is 2. The second-order valence-corrected chi connectivity index (χ2v) is 3.80. The molecule has 0 heterocycles. The van der Waals surface area contributed by atoms with E-state index < -0.39 is 5.97 Å². The number of nitrogens with zero attached hydrogens (tertiary/aromatic N) is 1. The summed E-state index contributed by atoms with van der Waals surface area (Å²) in [5.74, 6) is 5.17.